The first-order valence-corrected chi connectivity index (χ1v) is 10.9. The second-order valence-electron chi connectivity index (χ2n) is 7.36. The van der Waals surface area contributed by atoms with Crippen molar-refractivity contribution in [1.82, 2.24) is 15.2 Å². The normalized spacial score (nSPS) is 16.4. The zero-order chi connectivity index (χ0) is 20.9. The third-order valence-corrected chi connectivity index (χ3v) is 5.92. The van der Waals surface area contributed by atoms with Gasteiger partial charge in [-0.1, -0.05) is 36.4 Å². The van der Waals surface area contributed by atoms with Crippen molar-refractivity contribution in [2.75, 3.05) is 13.1 Å². The van der Waals surface area contributed by atoms with E-state index >= 15 is 0 Å². The number of hydrogen-bond donors (Lipinski definition) is 1. The van der Waals surface area contributed by atoms with E-state index in [2.05, 4.69) is 15.2 Å². The van der Waals surface area contributed by atoms with Gasteiger partial charge in [0, 0.05) is 42.6 Å². The maximum Gasteiger partial charge on any atom is 0.221 e. The highest BCUT2D eigenvalue weighted by atomic mass is 32.1. The minimum absolute atomic E-state index is 0.0263. The van der Waals surface area contributed by atoms with Crippen LogP contribution in [0, 0.1) is 12.7 Å². The number of hydrogen-bond acceptors (Lipinski definition) is 5. The van der Waals surface area contributed by atoms with Crippen LogP contribution in [0.1, 0.15) is 34.4 Å². The van der Waals surface area contributed by atoms with Crippen LogP contribution in [0.25, 0.3) is 0 Å². The number of amides is 1. The Morgan fingerprint density at radius 3 is 2.87 bits per heavy atom. The molecule has 30 heavy (non-hydrogen) atoms. The van der Waals surface area contributed by atoms with Gasteiger partial charge in [-0.05, 0) is 19.1 Å². The van der Waals surface area contributed by atoms with Crippen LogP contribution in [0.2, 0.25) is 0 Å². The van der Waals surface area contributed by atoms with Crippen molar-refractivity contribution in [3.63, 3.8) is 0 Å². The first-order chi connectivity index (χ1) is 14.6. The summed E-state index contributed by atoms with van der Waals surface area (Å²) in [6.07, 6.45) is -0.0779. The fraction of sp³-hybridized carbons (Fsp3) is 0.304. The maximum absolute atomic E-state index is 14.4. The molecule has 2 heterocycles. The van der Waals surface area contributed by atoms with Crippen molar-refractivity contribution in [3.8, 4) is 5.75 Å². The number of carbonyl (C=O) groups is 1. The maximum atomic E-state index is 14.4. The molecule has 0 saturated heterocycles. The van der Waals surface area contributed by atoms with E-state index < -0.39 is 6.10 Å². The van der Waals surface area contributed by atoms with Crippen molar-refractivity contribution >= 4 is 17.2 Å². The number of ether oxygens (including phenoxy) is 1. The summed E-state index contributed by atoms with van der Waals surface area (Å²) in [6, 6.07) is 14.5. The monoisotopic (exact) mass is 425 g/mol. The molecule has 0 aliphatic carbocycles. The van der Waals surface area contributed by atoms with Gasteiger partial charge in [-0.2, -0.15) is 0 Å². The highest BCUT2D eigenvalue weighted by Crippen LogP contribution is 2.32. The second kappa shape index (κ2) is 9.36. The van der Waals surface area contributed by atoms with E-state index in [0.717, 1.165) is 22.0 Å². The molecule has 1 atom stereocenters. The summed E-state index contributed by atoms with van der Waals surface area (Å²) < 4.78 is 20.6. The van der Waals surface area contributed by atoms with Crippen LogP contribution < -0.4 is 10.1 Å². The van der Waals surface area contributed by atoms with Crippen molar-refractivity contribution in [2.45, 2.75) is 32.5 Å². The molecular formula is C23H24FN3O2S. The quantitative estimate of drug-likeness (QED) is 0.642. The van der Waals surface area contributed by atoms with Crippen molar-refractivity contribution in [1.29, 1.82) is 0 Å². The Labute approximate surface area is 179 Å². The molecule has 0 saturated carbocycles. The molecule has 156 valence electrons. The first kappa shape index (κ1) is 20.5. The molecule has 3 aromatic rings. The molecule has 0 fully saturated rings. The average Bonchev–Trinajstić information content (AvgIpc) is 3.07. The lowest BCUT2D eigenvalue weighted by Gasteiger charge is -2.24. The molecule has 1 amide bonds. The van der Waals surface area contributed by atoms with Gasteiger partial charge >= 0.3 is 0 Å². The minimum atomic E-state index is -0.434. The Bertz CT molecular complexity index is 1020. The smallest absolute Gasteiger partial charge is 0.221 e. The van der Waals surface area contributed by atoms with Crippen molar-refractivity contribution in [3.05, 3.63) is 81.6 Å². The third kappa shape index (κ3) is 5.04. The Kier molecular flexibility index (Phi) is 6.40. The Morgan fingerprint density at radius 2 is 2.07 bits per heavy atom. The van der Waals surface area contributed by atoms with Crippen LogP contribution in [-0.4, -0.2) is 28.9 Å². The Balaban J connectivity index is 1.42. The molecule has 7 heteroatoms. The minimum Gasteiger partial charge on any atom is -0.484 e. The summed E-state index contributed by atoms with van der Waals surface area (Å²) in [4.78, 5) is 18.9. The van der Waals surface area contributed by atoms with E-state index in [1.165, 1.54) is 6.07 Å². The van der Waals surface area contributed by atoms with Gasteiger partial charge in [-0.3, -0.25) is 9.69 Å². The van der Waals surface area contributed by atoms with Gasteiger partial charge in [0.05, 0.1) is 17.2 Å². The largest absolute Gasteiger partial charge is 0.484 e. The fourth-order valence-corrected chi connectivity index (χ4v) is 4.19. The van der Waals surface area contributed by atoms with Crippen LogP contribution in [0.3, 0.4) is 0 Å². The summed E-state index contributed by atoms with van der Waals surface area (Å²) in [5.41, 5.74) is 2.44. The Morgan fingerprint density at radius 1 is 1.27 bits per heavy atom. The van der Waals surface area contributed by atoms with Crippen LogP contribution in [-0.2, 0) is 17.9 Å². The van der Waals surface area contributed by atoms with Gasteiger partial charge in [-0.25, -0.2) is 9.37 Å². The zero-order valence-corrected chi connectivity index (χ0v) is 17.6. The lowest BCUT2D eigenvalue weighted by molar-refractivity contribution is -0.121. The number of nitrogens with zero attached hydrogens (tertiary/aromatic N) is 2. The predicted octanol–water partition coefficient (Wildman–Crippen LogP) is 4.23. The van der Waals surface area contributed by atoms with Crippen LogP contribution >= 0.6 is 11.3 Å². The topological polar surface area (TPSA) is 54.5 Å². The van der Waals surface area contributed by atoms with Crippen molar-refractivity contribution < 1.29 is 13.9 Å². The summed E-state index contributed by atoms with van der Waals surface area (Å²) in [5.74, 6) is 0.455. The molecule has 1 aromatic heterocycles. The summed E-state index contributed by atoms with van der Waals surface area (Å²) in [7, 11) is 0. The molecule has 2 aromatic carbocycles. The van der Waals surface area contributed by atoms with E-state index in [0.29, 0.717) is 38.2 Å². The molecule has 1 aliphatic rings. The van der Waals surface area contributed by atoms with Gasteiger partial charge < -0.3 is 10.1 Å². The predicted molar refractivity (Wildman–Crippen MR) is 115 cm³/mol. The molecule has 0 spiro atoms. The fourth-order valence-electron chi connectivity index (χ4n) is 3.57. The molecule has 0 bridgehead atoms. The number of fused-ring (bicyclic) bond motifs is 1. The number of rotatable bonds is 6. The second-order valence-corrected chi connectivity index (χ2v) is 8.42. The van der Waals surface area contributed by atoms with E-state index in [4.69, 9.17) is 4.74 Å². The number of nitrogens with one attached hydrogen (secondary N) is 1. The lowest BCUT2D eigenvalue weighted by atomic mass is 10.1. The number of thiazole rings is 1. The highest BCUT2D eigenvalue weighted by molar-refractivity contribution is 7.09. The number of aromatic nitrogens is 1. The standard InChI is InChI=1S/C23H24FN3O2S/c1-16-26-18(15-30-16)12-25-23(28)10-11-27-13-17-6-2-5-9-21(17)29-22(14-27)19-7-3-4-8-20(19)24/h2-9,15,22H,10-14H2,1H3,(H,25,28)/t22-/m0/s1. The van der Waals surface area contributed by atoms with E-state index in [-0.39, 0.29) is 11.7 Å². The van der Waals surface area contributed by atoms with Gasteiger partial charge in [0.25, 0.3) is 0 Å². The lowest BCUT2D eigenvalue weighted by Crippen LogP contribution is -2.33. The molecular weight excluding hydrogens is 401 g/mol. The molecule has 1 N–H and O–H groups in total. The van der Waals surface area contributed by atoms with Crippen LogP contribution in [0.15, 0.2) is 53.9 Å². The Hall–Kier alpha value is -2.77. The molecule has 0 radical (unpaired) electrons. The molecule has 1 aliphatic heterocycles. The SMILES string of the molecule is Cc1nc(CNC(=O)CCN2Cc3ccccc3O[C@H](c3ccccc3F)C2)cs1. The highest BCUT2D eigenvalue weighted by Gasteiger charge is 2.26. The van der Waals surface area contributed by atoms with E-state index in [1.54, 1.807) is 23.5 Å². The third-order valence-electron chi connectivity index (χ3n) is 5.10. The van der Waals surface area contributed by atoms with Gasteiger partial charge in [-0.15, -0.1) is 11.3 Å². The molecule has 5 nitrogen and oxygen atoms in total. The first-order valence-electron chi connectivity index (χ1n) is 9.97. The number of halogens is 1. The molecule has 4 rings (SSSR count). The summed E-state index contributed by atoms with van der Waals surface area (Å²) >= 11 is 1.57. The summed E-state index contributed by atoms with van der Waals surface area (Å²) in [5, 5.41) is 5.87. The van der Waals surface area contributed by atoms with Crippen molar-refractivity contribution in [2.24, 2.45) is 0 Å². The number of benzene rings is 2. The van der Waals surface area contributed by atoms with E-state index in [1.807, 2.05) is 42.6 Å². The summed E-state index contributed by atoms with van der Waals surface area (Å²) in [6.45, 7) is 4.10. The van der Waals surface area contributed by atoms with E-state index in [9.17, 15) is 9.18 Å². The van der Waals surface area contributed by atoms with Gasteiger partial charge in [0.2, 0.25) is 5.91 Å². The number of carbonyl (C=O) groups excluding carboxylic acids is 1. The van der Waals surface area contributed by atoms with Gasteiger partial charge in [0.15, 0.2) is 0 Å². The number of para-hydroxylation sites is 1. The zero-order valence-electron chi connectivity index (χ0n) is 16.8. The van der Waals surface area contributed by atoms with Crippen LogP contribution in [0.4, 0.5) is 4.39 Å². The number of aryl methyl sites for hydroxylation is 1. The van der Waals surface area contributed by atoms with Gasteiger partial charge in [0.1, 0.15) is 17.7 Å². The average molecular weight is 426 g/mol. The molecule has 0 unspecified atom stereocenters. The van der Waals surface area contributed by atoms with Crippen LogP contribution in [0.5, 0.6) is 5.75 Å².